The maximum atomic E-state index is 12.1. The van der Waals surface area contributed by atoms with E-state index in [1.807, 2.05) is 32.3 Å². The number of hydrogen-bond acceptors (Lipinski definition) is 9. The van der Waals surface area contributed by atoms with E-state index >= 15 is 0 Å². The lowest BCUT2D eigenvalue weighted by atomic mass is 10.00. The molecule has 3 aromatic rings. The molecule has 3 rings (SSSR count). The predicted molar refractivity (Wildman–Crippen MR) is 134 cm³/mol. The summed E-state index contributed by atoms with van der Waals surface area (Å²) in [5.74, 6) is 1.37. The van der Waals surface area contributed by atoms with Crippen LogP contribution in [0.5, 0.6) is 11.5 Å². The molecule has 2 N–H and O–H groups in total. The first-order valence-electron chi connectivity index (χ1n) is 11.4. The van der Waals surface area contributed by atoms with E-state index < -0.39 is 12.0 Å². The highest BCUT2D eigenvalue weighted by Crippen LogP contribution is 2.36. The van der Waals surface area contributed by atoms with E-state index in [4.69, 9.17) is 9.47 Å². The zero-order valence-corrected chi connectivity index (χ0v) is 20.9. The Bertz CT molecular complexity index is 1130. The molecule has 1 unspecified atom stereocenters. The minimum atomic E-state index is -1.01. The minimum Gasteiger partial charge on any atom is -0.496 e. The van der Waals surface area contributed by atoms with Crippen LogP contribution in [0.4, 0.5) is 11.8 Å². The lowest BCUT2D eigenvalue weighted by molar-refractivity contribution is -0.137. The summed E-state index contributed by atoms with van der Waals surface area (Å²) in [4.78, 5) is 22.9. The van der Waals surface area contributed by atoms with Gasteiger partial charge in [-0.25, -0.2) is 9.78 Å². The smallest absolute Gasteiger partial charge is 0.326 e. The third-order valence-corrected chi connectivity index (χ3v) is 5.77. The number of aromatic nitrogens is 4. The molecule has 1 aromatic carbocycles. The van der Waals surface area contributed by atoms with Gasteiger partial charge in [0.25, 0.3) is 0 Å². The van der Waals surface area contributed by atoms with Gasteiger partial charge in [0.2, 0.25) is 5.95 Å². The predicted octanol–water partition coefficient (Wildman–Crippen LogP) is 3.64. The van der Waals surface area contributed by atoms with E-state index in [1.165, 1.54) is 0 Å². The van der Waals surface area contributed by atoms with Crippen molar-refractivity contribution in [3.63, 3.8) is 0 Å². The second kappa shape index (κ2) is 11.5. The summed E-state index contributed by atoms with van der Waals surface area (Å²) < 4.78 is 10.9. The van der Waals surface area contributed by atoms with Crippen molar-refractivity contribution in [3.8, 4) is 22.8 Å². The van der Waals surface area contributed by atoms with Crippen LogP contribution in [0.15, 0.2) is 36.5 Å². The van der Waals surface area contributed by atoms with Crippen LogP contribution < -0.4 is 19.7 Å². The highest BCUT2D eigenvalue weighted by atomic mass is 16.5. The van der Waals surface area contributed by atoms with Gasteiger partial charge in [-0.3, -0.25) is 0 Å². The number of methoxy groups -OCH3 is 2. The fourth-order valence-electron chi connectivity index (χ4n) is 3.57. The van der Waals surface area contributed by atoms with Gasteiger partial charge in [-0.1, -0.05) is 19.9 Å². The molecule has 10 nitrogen and oxygen atoms in total. The SMILES string of the molecule is CCC(C)c1cnc(N(C)C)nc1N[C@@H](Cc1ccc(-c2c(OC)cccc2OC)nn1)C(=O)O. The highest BCUT2D eigenvalue weighted by molar-refractivity contribution is 5.78. The average Bonchev–Trinajstić information content (AvgIpc) is 2.87. The highest BCUT2D eigenvalue weighted by Gasteiger charge is 2.23. The summed E-state index contributed by atoms with van der Waals surface area (Å²) in [5, 5.41) is 21.6. The van der Waals surface area contributed by atoms with Gasteiger partial charge in [0, 0.05) is 32.3 Å². The molecular weight excluding hydrogens is 448 g/mol. The number of carbonyl (C=O) groups is 1. The van der Waals surface area contributed by atoms with E-state index in [2.05, 4.69) is 39.3 Å². The number of nitrogens with one attached hydrogen (secondary N) is 1. The molecule has 0 aliphatic rings. The first-order valence-corrected chi connectivity index (χ1v) is 11.4. The molecule has 0 saturated heterocycles. The molecule has 0 spiro atoms. The number of rotatable bonds is 11. The minimum absolute atomic E-state index is 0.118. The molecule has 0 amide bonds. The summed E-state index contributed by atoms with van der Waals surface area (Å²) in [6, 6.07) is 8.04. The van der Waals surface area contributed by atoms with Crippen molar-refractivity contribution in [3.05, 3.63) is 47.8 Å². The molecule has 0 bridgehead atoms. The van der Waals surface area contributed by atoms with Gasteiger partial charge >= 0.3 is 5.97 Å². The quantitative estimate of drug-likeness (QED) is 0.420. The molecule has 0 radical (unpaired) electrons. The number of anilines is 2. The normalized spacial score (nSPS) is 12.5. The van der Waals surface area contributed by atoms with Crippen LogP contribution in [0, 0.1) is 0 Å². The van der Waals surface area contributed by atoms with E-state index in [0.717, 1.165) is 12.0 Å². The van der Waals surface area contributed by atoms with Crippen LogP contribution >= 0.6 is 0 Å². The molecular formula is C25H32N6O4. The molecule has 2 aromatic heterocycles. The van der Waals surface area contributed by atoms with E-state index in [-0.39, 0.29) is 12.3 Å². The maximum absolute atomic E-state index is 12.1. The number of aliphatic carboxylic acids is 1. The fraction of sp³-hybridized carbons (Fsp3) is 0.400. The molecule has 2 heterocycles. The second-order valence-electron chi connectivity index (χ2n) is 8.36. The van der Waals surface area contributed by atoms with E-state index in [9.17, 15) is 9.90 Å². The van der Waals surface area contributed by atoms with Crippen molar-refractivity contribution >= 4 is 17.7 Å². The molecule has 0 fully saturated rings. The van der Waals surface area contributed by atoms with Crippen LogP contribution in [0.3, 0.4) is 0 Å². The Balaban J connectivity index is 1.88. The molecule has 2 atom stereocenters. The van der Waals surface area contributed by atoms with Crippen LogP contribution in [0.1, 0.15) is 37.4 Å². The Labute approximate surface area is 205 Å². The summed E-state index contributed by atoms with van der Waals surface area (Å²) in [7, 11) is 6.83. The lowest BCUT2D eigenvalue weighted by Gasteiger charge is -2.21. The van der Waals surface area contributed by atoms with Crippen molar-refractivity contribution in [1.82, 2.24) is 20.2 Å². The number of carboxylic acids is 1. The number of nitrogens with zero attached hydrogens (tertiary/aromatic N) is 5. The van der Waals surface area contributed by atoms with E-state index in [1.54, 1.807) is 37.4 Å². The summed E-state index contributed by atoms with van der Waals surface area (Å²) in [6.07, 6.45) is 2.75. The van der Waals surface area contributed by atoms with Crippen molar-refractivity contribution < 1.29 is 19.4 Å². The number of benzene rings is 1. The average molecular weight is 481 g/mol. The summed E-state index contributed by atoms with van der Waals surface area (Å²) >= 11 is 0. The molecule has 10 heteroatoms. The zero-order valence-electron chi connectivity index (χ0n) is 20.9. The van der Waals surface area contributed by atoms with Gasteiger partial charge in [0.1, 0.15) is 29.1 Å². The third kappa shape index (κ3) is 5.95. The Morgan fingerprint density at radius 2 is 1.80 bits per heavy atom. The Morgan fingerprint density at radius 1 is 1.11 bits per heavy atom. The largest absolute Gasteiger partial charge is 0.496 e. The second-order valence-corrected chi connectivity index (χ2v) is 8.36. The molecule has 0 aliphatic heterocycles. The molecule has 35 heavy (non-hydrogen) atoms. The van der Waals surface area contributed by atoms with Gasteiger partial charge < -0.3 is 24.8 Å². The Morgan fingerprint density at radius 3 is 2.31 bits per heavy atom. The summed E-state index contributed by atoms with van der Waals surface area (Å²) in [5.41, 5.74) is 2.64. The molecule has 0 saturated carbocycles. The molecule has 186 valence electrons. The van der Waals surface area contributed by atoms with Crippen LogP contribution in [0.25, 0.3) is 11.3 Å². The first-order chi connectivity index (χ1) is 16.8. The van der Waals surface area contributed by atoms with Gasteiger partial charge in [0.15, 0.2) is 0 Å². The van der Waals surface area contributed by atoms with Gasteiger partial charge in [0.05, 0.1) is 25.5 Å². The number of hydrogen-bond donors (Lipinski definition) is 2. The van der Waals surface area contributed by atoms with Crippen LogP contribution in [-0.2, 0) is 11.2 Å². The Kier molecular flexibility index (Phi) is 8.40. The molecule has 0 aliphatic carbocycles. The summed E-state index contributed by atoms with van der Waals surface area (Å²) in [6.45, 7) is 4.13. The van der Waals surface area contributed by atoms with Crippen molar-refractivity contribution in [2.24, 2.45) is 0 Å². The number of carboxylic acid groups (broad SMARTS) is 1. The first kappa shape index (κ1) is 25.7. The topological polar surface area (TPSA) is 123 Å². The Hall–Kier alpha value is -3.95. The van der Waals surface area contributed by atoms with Gasteiger partial charge in [-0.15, -0.1) is 5.10 Å². The van der Waals surface area contributed by atoms with Crippen LogP contribution in [0.2, 0.25) is 0 Å². The lowest BCUT2D eigenvalue weighted by Crippen LogP contribution is -2.33. The third-order valence-electron chi connectivity index (χ3n) is 5.77. The van der Waals surface area contributed by atoms with Gasteiger partial charge in [-0.05, 0) is 36.6 Å². The fourth-order valence-corrected chi connectivity index (χ4v) is 3.57. The maximum Gasteiger partial charge on any atom is 0.326 e. The van der Waals surface area contributed by atoms with Crippen LogP contribution in [-0.4, -0.2) is 65.6 Å². The number of ether oxygens (including phenoxy) is 2. The van der Waals surface area contributed by atoms with E-state index in [0.29, 0.717) is 40.2 Å². The zero-order chi connectivity index (χ0) is 25.5. The monoisotopic (exact) mass is 480 g/mol. The van der Waals surface area contributed by atoms with Gasteiger partial charge in [-0.2, -0.15) is 10.1 Å². The standard InChI is InChI=1S/C25H32N6O4/c1-7-15(2)17-14-26-25(31(3)4)28-23(17)27-19(24(32)33)13-16-11-12-18(30-29-16)22-20(34-5)9-8-10-21(22)35-6/h8-12,14-15,19H,7,13H2,1-6H3,(H,32,33)(H,26,27,28)/t15?,19-/m0/s1. The van der Waals surface area contributed by atoms with Crippen molar-refractivity contribution in [2.45, 2.75) is 38.6 Å². The van der Waals surface area contributed by atoms with Crippen molar-refractivity contribution in [1.29, 1.82) is 0 Å². The van der Waals surface area contributed by atoms with Crippen molar-refractivity contribution in [2.75, 3.05) is 38.5 Å².